The Morgan fingerprint density at radius 3 is 2.69 bits per heavy atom. The SMILES string of the molecule is CC(C)CCN(C(=O)[O-])c1cccc(Cl)c1. The molecule has 0 aliphatic carbocycles. The van der Waals surface area contributed by atoms with Crippen LogP contribution in [0.25, 0.3) is 0 Å². The van der Waals surface area contributed by atoms with Crippen LogP contribution < -0.4 is 10.0 Å². The quantitative estimate of drug-likeness (QED) is 0.812. The van der Waals surface area contributed by atoms with Crippen molar-refractivity contribution in [2.45, 2.75) is 20.3 Å². The number of hydrogen-bond donors (Lipinski definition) is 0. The first-order valence-corrected chi connectivity index (χ1v) is 5.62. The van der Waals surface area contributed by atoms with E-state index in [1.807, 2.05) is 13.8 Å². The van der Waals surface area contributed by atoms with Crippen molar-refractivity contribution in [1.29, 1.82) is 0 Å². The van der Waals surface area contributed by atoms with Gasteiger partial charge in [-0.05, 0) is 30.5 Å². The standard InChI is InChI=1S/C12H16ClNO2/c1-9(2)6-7-14(12(15)16)11-5-3-4-10(13)8-11/h3-5,8-9H,6-7H2,1-2H3,(H,15,16)/p-1. The Bertz CT molecular complexity index is 366. The van der Waals surface area contributed by atoms with Crippen LogP contribution in [0.2, 0.25) is 5.02 Å². The van der Waals surface area contributed by atoms with Crippen molar-refractivity contribution in [3.8, 4) is 0 Å². The van der Waals surface area contributed by atoms with Gasteiger partial charge in [0.15, 0.2) is 0 Å². The topological polar surface area (TPSA) is 43.4 Å². The molecule has 1 aromatic carbocycles. The molecule has 0 aromatic heterocycles. The summed E-state index contributed by atoms with van der Waals surface area (Å²) in [5, 5.41) is 11.5. The molecule has 0 spiro atoms. The number of nitrogens with zero attached hydrogens (tertiary/aromatic N) is 1. The van der Waals surface area contributed by atoms with Crippen LogP contribution in [0.5, 0.6) is 0 Å². The molecule has 1 rings (SSSR count). The maximum Gasteiger partial charge on any atom is 0.141 e. The maximum atomic E-state index is 11.0. The molecule has 1 amide bonds. The number of halogens is 1. The summed E-state index contributed by atoms with van der Waals surface area (Å²) in [4.78, 5) is 12.2. The number of rotatable bonds is 4. The largest absolute Gasteiger partial charge is 0.530 e. The molecule has 0 aliphatic rings. The van der Waals surface area contributed by atoms with E-state index in [1.54, 1.807) is 24.3 Å². The molecule has 0 unspecified atom stereocenters. The van der Waals surface area contributed by atoms with Gasteiger partial charge in [-0.25, -0.2) is 0 Å². The van der Waals surface area contributed by atoms with Gasteiger partial charge in [-0.1, -0.05) is 31.5 Å². The summed E-state index contributed by atoms with van der Waals surface area (Å²) >= 11 is 5.82. The molecule has 0 aliphatic heterocycles. The molecule has 0 saturated heterocycles. The van der Waals surface area contributed by atoms with Crippen LogP contribution in [-0.4, -0.2) is 12.6 Å². The normalized spacial score (nSPS) is 10.5. The van der Waals surface area contributed by atoms with Gasteiger partial charge in [-0.3, -0.25) is 0 Å². The second-order valence-electron chi connectivity index (χ2n) is 4.08. The minimum atomic E-state index is -1.19. The predicted molar refractivity (Wildman–Crippen MR) is 63.6 cm³/mol. The monoisotopic (exact) mass is 240 g/mol. The van der Waals surface area contributed by atoms with Crippen molar-refractivity contribution >= 4 is 23.4 Å². The third-order valence-electron chi connectivity index (χ3n) is 2.27. The zero-order valence-corrected chi connectivity index (χ0v) is 10.2. The van der Waals surface area contributed by atoms with Gasteiger partial charge < -0.3 is 14.8 Å². The second-order valence-corrected chi connectivity index (χ2v) is 4.52. The summed E-state index contributed by atoms with van der Waals surface area (Å²) in [6, 6.07) is 6.77. The number of carboxylic acid groups (broad SMARTS) is 1. The van der Waals surface area contributed by atoms with Crippen LogP contribution in [0.3, 0.4) is 0 Å². The van der Waals surface area contributed by atoms with E-state index in [2.05, 4.69) is 0 Å². The number of carbonyl (C=O) groups is 1. The zero-order valence-electron chi connectivity index (χ0n) is 9.44. The van der Waals surface area contributed by atoms with Crippen LogP contribution in [0.4, 0.5) is 10.5 Å². The highest BCUT2D eigenvalue weighted by Gasteiger charge is 2.08. The van der Waals surface area contributed by atoms with E-state index in [0.717, 1.165) is 6.42 Å². The number of carbonyl (C=O) groups excluding carboxylic acids is 1. The van der Waals surface area contributed by atoms with E-state index >= 15 is 0 Å². The fourth-order valence-electron chi connectivity index (χ4n) is 1.36. The van der Waals surface area contributed by atoms with Gasteiger partial charge in [0.05, 0.1) is 0 Å². The van der Waals surface area contributed by atoms with Crippen LogP contribution >= 0.6 is 11.6 Å². The molecule has 88 valence electrons. The molecule has 0 bridgehead atoms. The Balaban J connectivity index is 2.81. The summed E-state index contributed by atoms with van der Waals surface area (Å²) in [6.07, 6.45) is -0.400. The maximum absolute atomic E-state index is 11.0. The van der Waals surface area contributed by atoms with Gasteiger partial charge >= 0.3 is 0 Å². The minimum Gasteiger partial charge on any atom is -0.530 e. The number of anilines is 1. The first-order valence-electron chi connectivity index (χ1n) is 5.24. The van der Waals surface area contributed by atoms with E-state index in [1.165, 1.54) is 4.90 Å². The van der Waals surface area contributed by atoms with Crippen LogP contribution in [0, 0.1) is 5.92 Å². The molecule has 3 nitrogen and oxygen atoms in total. The predicted octanol–water partition coefficient (Wildman–Crippen LogP) is 2.54. The molecule has 4 heteroatoms. The highest BCUT2D eigenvalue weighted by molar-refractivity contribution is 6.30. The number of hydrogen-bond acceptors (Lipinski definition) is 2. The summed E-state index contributed by atoms with van der Waals surface area (Å²) in [5.41, 5.74) is 0.563. The lowest BCUT2D eigenvalue weighted by molar-refractivity contribution is -0.246. The second kappa shape index (κ2) is 5.75. The van der Waals surface area contributed by atoms with Crippen molar-refractivity contribution in [1.82, 2.24) is 0 Å². The lowest BCUT2D eigenvalue weighted by Crippen LogP contribution is -2.42. The lowest BCUT2D eigenvalue weighted by atomic mass is 10.1. The molecule has 0 heterocycles. The Labute approximate surface area is 101 Å². The van der Waals surface area contributed by atoms with Crippen molar-refractivity contribution in [3.05, 3.63) is 29.3 Å². The van der Waals surface area contributed by atoms with Crippen LogP contribution in [0.15, 0.2) is 24.3 Å². The Kier molecular flexibility index (Phi) is 4.62. The van der Waals surface area contributed by atoms with Gasteiger partial charge in [-0.15, -0.1) is 0 Å². The van der Waals surface area contributed by atoms with Gasteiger partial charge in [-0.2, -0.15) is 0 Å². The Morgan fingerprint density at radius 1 is 1.50 bits per heavy atom. The van der Waals surface area contributed by atoms with Crippen molar-refractivity contribution in [2.24, 2.45) is 5.92 Å². The number of benzene rings is 1. The lowest BCUT2D eigenvalue weighted by Gasteiger charge is -2.26. The van der Waals surface area contributed by atoms with Gasteiger partial charge in [0, 0.05) is 17.3 Å². The molecule has 0 atom stereocenters. The first-order chi connectivity index (χ1) is 7.50. The van der Waals surface area contributed by atoms with Crippen molar-refractivity contribution < 1.29 is 9.90 Å². The van der Waals surface area contributed by atoms with E-state index in [0.29, 0.717) is 23.2 Å². The average molecular weight is 241 g/mol. The number of amides is 1. The minimum absolute atomic E-state index is 0.431. The summed E-state index contributed by atoms with van der Waals surface area (Å²) in [6.45, 7) is 4.53. The molecule has 1 aromatic rings. The van der Waals surface area contributed by atoms with E-state index < -0.39 is 6.09 Å². The average Bonchev–Trinajstić information content (AvgIpc) is 2.17. The molecule has 0 radical (unpaired) electrons. The van der Waals surface area contributed by atoms with E-state index in [4.69, 9.17) is 11.6 Å². The molecule has 0 fully saturated rings. The highest BCUT2D eigenvalue weighted by Crippen LogP contribution is 2.20. The molecule has 0 saturated carbocycles. The summed E-state index contributed by atoms with van der Waals surface area (Å²) < 4.78 is 0. The Morgan fingerprint density at radius 2 is 2.19 bits per heavy atom. The molecule has 0 N–H and O–H groups in total. The smallest absolute Gasteiger partial charge is 0.141 e. The fraction of sp³-hybridized carbons (Fsp3) is 0.417. The third kappa shape index (κ3) is 3.74. The summed E-state index contributed by atoms with van der Waals surface area (Å²) in [5.74, 6) is 0.445. The van der Waals surface area contributed by atoms with Gasteiger partial charge in [0.25, 0.3) is 0 Å². The molecular weight excluding hydrogens is 226 g/mol. The van der Waals surface area contributed by atoms with Gasteiger partial charge in [0.2, 0.25) is 0 Å². The van der Waals surface area contributed by atoms with Gasteiger partial charge in [0.1, 0.15) is 6.09 Å². The fourth-order valence-corrected chi connectivity index (χ4v) is 1.54. The highest BCUT2D eigenvalue weighted by atomic mass is 35.5. The first kappa shape index (κ1) is 12.8. The van der Waals surface area contributed by atoms with E-state index in [-0.39, 0.29) is 0 Å². The van der Waals surface area contributed by atoms with E-state index in [9.17, 15) is 9.90 Å². The van der Waals surface area contributed by atoms with Crippen LogP contribution in [0.1, 0.15) is 20.3 Å². The van der Waals surface area contributed by atoms with Crippen LogP contribution in [-0.2, 0) is 0 Å². The third-order valence-corrected chi connectivity index (χ3v) is 2.51. The summed E-state index contributed by atoms with van der Waals surface area (Å²) in [7, 11) is 0. The van der Waals surface area contributed by atoms with Crippen molar-refractivity contribution in [2.75, 3.05) is 11.4 Å². The van der Waals surface area contributed by atoms with Crippen molar-refractivity contribution in [3.63, 3.8) is 0 Å². The zero-order chi connectivity index (χ0) is 12.1. The molecular formula is C12H15ClNO2-. The molecule has 16 heavy (non-hydrogen) atoms. The Hall–Kier alpha value is -1.22.